The van der Waals surface area contributed by atoms with Gasteiger partial charge in [-0.15, -0.1) is 0 Å². The first kappa shape index (κ1) is 25.7. The number of rotatable bonds is 6. The number of hydrogen-bond acceptors (Lipinski definition) is 5. The molecule has 1 aliphatic rings. The molecule has 0 saturated carbocycles. The van der Waals surface area contributed by atoms with E-state index < -0.39 is 54.0 Å². The molecule has 2 aromatic carbocycles. The highest BCUT2D eigenvalue weighted by Gasteiger charge is 2.64. The lowest BCUT2D eigenvalue weighted by atomic mass is 9.93. The fraction of sp³-hybridized carbons (Fsp3) is 0.217. The van der Waals surface area contributed by atoms with Crippen molar-refractivity contribution in [3.63, 3.8) is 0 Å². The van der Waals surface area contributed by atoms with Gasteiger partial charge >= 0.3 is 18.1 Å². The number of anilines is 1. The molecule has 3 aromatic rings. The summed E-state index contributed by atoms with van der Waals surface area (Å²) in [6.07, 6.45) is -5.48. The van der Waals surface area contributed by atoms with Crippen molar-refractivity contribution in [3.05, 3.63) is 82.8 Å². The normalized spacial score (nSPS) is 17.8. The number of fused-ring (bicyclic) bond motifs is 1. The Morgan fingerprint density at radius 1 is 1.08 bits per heavy atom. The van der Waals surface area contributed by atoms with Gasteiger partial charge in [0.15, 0.2) is 5.69 Å². The largest absolute Gasteiger partial charge is 0.478 e. The van der Waals surface area contributed by atoms with Crippen molar-refractivity contribution < 1.29 is 41.0 Å². The van der Waals surface area contributed by atoms with E-state index in [1.165, 1.54) is 42.6 Å². The number of aromatic nitrogens is 2. The molecule has 2 heterocycles. The van der Waals surface area contributed by atoms with E-state index in [9.17, 15) is 35.9 Å². The highest BCUT2D eigenvalue weighted by molar-refractivity contribution is 5.94. The third-order valence-corrected chi connectivity index (χ3v) is 5.65. The van der Waals surface area contributed by atoms with E-state index >= 15 is 0 Å². The first-order valence-electron chi connectivity index (χ1n) is 10.6. The number of nitrogens with one attached hydrogen (secondary N) is 2. The molecule has 3 N–H and O–H groups in total. The van der Waals surface area contributed by atoms with E-state index in [1.54, 1.807) is 0 Å². The number of nitrogens with zero attached hydrogens (tertiary/aromatic N) is 3. The second-order valence-corrected chi connectivity index (χ2v) is 8.11. The van der Waals surface area contributed by atoms with Gasteiger partial charge in [-0.3, -0.25) is 4.79 Å². The SMILES string of the molecule is O=C(O)c1ccc(/C=N\NC(=O)c2cc3n(n2)[C@@H](C(F)(F)C(F)(F)F)C[C@H](c2ccc(F)cc2)N3)cc1. The maximum Gasteiger partial charge on any atom is 0.455 e. The van der Waals surface area contributed by atoms with E-state index in [1.807, 2.05) is 0 Å². The third kappa shape index (κ3) is 5.27. The Labute approximate surface area is 204 Å². The molecule has 14 heteroatoms. The molecule has 0 saturated heterocycles. The van der Waals surface area contributed by atoms with Crippen LogP contribution in [0.5, 0.6) is 0 Å². The van der Waals surface area contributed by atoms with E-state index in [4.69, 9.17) is 5.11 Å². The Hall–Kier alpha value is -4.36. The standard InChI is InChI=1S/C23H17F6N5O3/c24-15-7-5-13(6-8-15)16-9-18(22(25,26)23(27,28)29)34-19(31-16)10-17(33-34)20(35)32-30-11-12-1-3-14(4-2-12)21(36)37/h1-8,10-11,16,18,31H,9H2,(H,32,35)(H,36,37)/b30-11-/t16-,18-/m1/s1. The molecule has 194 valence electrons. The Bertz CT molecular complexity index is 1340. The van der Waals surface area contributed by atoms with Crippen molar-refractivity contribution in [2.24, 2.45) is 5.10 Å². The van der Waals surface area contributed by atoms with Crippen molar-refractivity contribution in [1.82, 2.24) is 15.2 Å². The summed E-state index contributed by atoms with van der Waals surface area (Å²) in [4.78, 5) is 23.4. The van der Waals surface area contributed by atoms with Gasteiger partial charge in [-0.25, -0.2) is 19.3 Å². The number of benzene rings is 2. The van der Waals surface area contributed by atoms with Crippen LogP contribution in [0.15, 0.2) is 59.7 Å². The number of hydrazone groups is 1. The lowest BCUT2D eigenvalue weighted by Crippen LogP contribution is -2.47. The number of hydrogen-bond donors (Lipinski definition) is 3. The lowest BCUT2D eigenvalue weighted by molar-refractivity contribution is -0.301. The number of halogens is 6. The van der Waals surface area contributed by atoms with Crippen LogP contribution in [0.3, 0.4) is 0 Å². The van der Waals surface area contributed by atoms with Gasteiger partial charge in [0.1, 0.15) is 17.7 Å². The van der Waals surface area contributed by atoms with Crippen molar-refractivity contribution >= 4 is 23.9 Å². The zero-order valence-corrected chi connectivity index (χ0v) is 18.5. The minimum atomic E-state index is -5.89. The Kier molecular flexibility index (Phi) is 6.67. The zero-order chi connectivity index (χ0) is 27.0. The van der Waals surface area contributed by atoms with Crippen LogP contribution in [-0.2, 0) is 0 Å². The molecule has 0 fully saturated rings. The molecule has 37 heavy (non-hydrogen) atoms. The second kappa shape index (κ2) is 9.59. The van der Waals surface area contributed by atoms with Crippen LogP contribution in [0.4, 0.5) is 32.2 Å². The number of carbonyl (C=O) groups is 2. The van der Waals surface area contributed by atoms with Crippen LogP contribution in [-0.4, -0.2) is 45.1 Å². The molecule has 2 atom stereocenters. The fourth-order valence-electron chi connectivity index (χ4n) is 3.75. The van der Waals surface area contributed by atoms with Crippen LogP contribution in [0.1, 0.15) is 50.5 Å². The lowest BCUT2D eigenvalue weighted by Gasteiger charge is -2.37. The molecule has 0 bridgehead atoms. The summed E-state index contributed by atoms with van der Waals surface area (Å²) in [7, 11) is 0. The smallest absolute Gasteiger partial charge is 0.455 e. The van der Waals surface area contributed by atoms with Gasteiger partial charge in [0.25, 0.3) is 5.91 Å². The topological polar surface area (TPSA) is 109 Å². The number of alkyl halides is 5. The number of aromatic carboxylic acids is 1. The summed E-state index contributed by atoms with van der Waals surface area (Å²) in [5, 5.41) is 19.0. The van der Waals surface area contributed by atoms with Crippen molar-refractivity contribution in [1.29, 1.82) is 0 Å². The second-order valence-electron chi connectivity index (χ2n) is 8.11. The van der Waals surface area contributed by atoms with E-state index in [0.29, 0.717) is 10.2 Å². The first-order chi connectivity index (χ1) is 17.4. The molecule has 0 unspecified atom stereocenters. The molecule has 1 aromatic heterocycles. The van der Waals surface area contributed by atoms with Gasteiger partial charge < -0.3 is 10.4 Å². The maximum atomic E-state index is 14.5. The van der Waals surface area contributed by atoms with Crippen LogP contribution in [0, 0.1) is 5.82 Å². The van der Waals surface area contributed by atoms with Crippen LogP contribution >= 0.6 is 0 Å². The van der Waals surface area contributed by atoms with E-state index in [0.717, 1.165) is 18.2 Å². The van der Waals surface area contributed by atoms with Gasteiger partial charge in [-0.05, 0) is 35.4 Å². The molecule has 8 nitrogen and oxygen atoms in total. The number of carboxylic acids is 1. The summed E-state index contributed by atoms with van der Waals surface area (Å²) >= 11 is 0. The predicted octanol–water partition coefficient (Wildman–Crippen LogP) is 4.78. The third-order valence-electron chi connectivity index (χ3n) is 5.65. The number of amides is 1. The summed E-state index contributed by atoms with van der Waals surface area (Å²) in [5.74, 6) is -8.20. The van der Waals surface area contributed by atoms with E-state index in [-0.39, 0.29) is 16.9 Å². The Balaban J connectivity index is 1.59. The monoisotopic (exact) mass is 525 g/mol. The zero-order valence-electron chi connectivity index (χ0n) is 18.5. The van der Waals surface area contributed by atoms with Gasteiger partial charge in [-0.2, -0.15) is 32.2 Å². The van der Waals surface area contributed by atoms with Gasteiger partial charge in [0.2, 0.25) is 0 Å². The quantitative estimate of drug-likeness (QED) is 0.244. The minimum Gasteiger partial charge on any atom is -0.478 e. The Morgan fingerprint density at radius 2 is 1.73 bits per heavy atom. The first-order valence-corrected chi connectivity index (χ1v) is 10.6. The van der Waals surface area contributed by atoms with Gasteiger partial charge in [0.05, 0.1) is 17.8 Å². The van der Waals surface area contributed by atoms with Gasteiger partial charge in [-0.1, -0.05) is 24.3 Å². The van der Waals surface area contributed by atoms with Crippen LogP contribution in [0.25, 0.3) is 0 Å². The number of carbonyl (C=O) groups excluding carboxylic acids is 1. The average Bonchev–Trinajstić information content (AvgIpc) is 3.28. The average molecular weight is 525 g/mol. The summed E-state index contributed by atoms with van der Waals surface area (Å²) in [6.45, 7) is 0. The highest BCUT2D eigenvalue weighted by Crippen LogP contribution is 2.50. The molecule has 0 aliphatic carbocycles. The number of carboxylic acid groups (broad SMARTS) is 1. The van der Waals surface area contributed by atoms with E-state index in [2.05, 4.69) is 20.9 Å². The van der Waals surface area contributed by atoms with Crippen LogP contribution < -0.4 is 10.7 Å². The fourth-order valence-corrected chi connectivity index (χ4v) is 3.75. The molecule has 1 aliphatic heterocycles. The van der Waals surface area contributed by atoms with Crippen LogP contribution in [0.2, 0.25) is 0 Å². The maximum absolute atomic E-state index is 14.5. The van der Waals surface area contributed by atoms with Crippen molar-refractivity contribution in [2.45, 2.75) is 30.6 Å². The predicted molar refractivity (Wildman–Crippen MR) is 118 cm³/mol. The molecule has 4 rings (SSSR count). The van der Waals surface area contributed by atoms with Crippen molar-refractivity contribution in [2.75, 3.05) is 5.32 Å². The molecule has 0 radical (unpaired) electrons. The molecule has 0 spiro atoms. The molecule has 1 amide bonds. The molecular weight excluding hydrogens is 508 g/mol. The summed E-state index contributed by atoms with van der Waals surface area (Å²) < 4.78 is 82.5. The van der Waals surface area contributed by atoms with Gasteiger partial charge in [0, 0.05) is 12.5 Å². The highest BCUT2D eigenvalue weighted by atomic mass is 19.4. The summed E-state index contributed by atoms with van der Waals surface area (Å²) in [5.41, 5.74) is 2.32. The molecular formula is C23H17F6N5O3. The minimum absolute atomic E-state index is 0.0291. The summed E-state index contributed by atoms with van der Waals surface area (Å²) in [6, 6.07) is 7.51. The Morgan fingerprint density at radius 3 is 2.32 bits per heavy atom. The van der Waals surface area contributed by atoms with Crippen molar-refractivity contribution in [3.8, 4) is 0 Å².